The van der Waals surface area contributed by atoms with Gasteiger partial charge in [-0.3, -0.25) is 4.79 Å². The number of carbonyl (C=O) groups is 1. The summed E-state index contributed by atoms with van der Waals surface area (Å²) in [5.74, 6) is -0.331. The number of halogens is 1. The molecule has 3 aromatic rings. The lowest BCUT2D eigenvalue weighted by Crippen LogP contribution is -2.14. The zero-order valence-corrected chi connectivity index (χ0v) is 14.4. The van der Waals surface area contributed by atoms with E-state index in [0.717, 1.165) is 16.4 Å². The maximum Gasteiger partial charge on any atom is 0.277 e. The number of nitrogens with one attached hydrogen (secondary N) is 2. The molecule has 0 spiro atoms. The fourth-order valence-corrected chi connectivity index (χ4v) is 3.02. The highest BCUT2D eigenvalue weighted by Gasteiger charge is 2.18. The first-order valence-corrected chi connectivity index (χ1v) is 8.17. The number of thiazole rings is 1. The fourth-order valence-electron chi connectivity index (χ4n) is 2.01. The van der Waals surface area contributed by atoms with Crippen LogP contribution in [0.3, 0.4) is 0 Å². The van der Waals surface area contributed by atoms with Crippen molar-refractivity contribution in [3.05, 3.63) is 52.1 Å². The van der Waals surface area contributed by atoms with Gasteiger partial charge < -0.3 is 10.6 Å². The number of rotatable bonds is 4. The van der Waals surface area contributed by atoms with Crippen LogP contribution in [-0.4, -0.2) is 26.1 Å². The number of hydrogen-bond acceptors (Lipinski definition) is 7. The summed E-state index contributed by atoms with van der Waals surface area (Å²) >= 11 is 7.22. The first kappa shape index (κ1) is 16.3. The second-order valence-electron chi connectivity index (χ2n) is 4.94. The largest absolute Gasteiger partial charge is 0.344 e. The second-order valence-corrected chi connectivity index (χ2v) is 6.53. The molecule has 0 atom stereocenters. The van der Waals surface area contributed by atoms with Crippen LogP contribution in [-0.2, 0) is 0 Å². The highest BCUT2D eigenvalue weighted by atomic mass is 35.5. The molecule has 0 aromatic carbocycles. The van der Waals surface area contributed by atoms with Crippen LogP contribution in [0.2, 0.25) is 5.15 Å². The van der Waals surface area contributed by atoms with E-state index in [9.17, 15) is 4.79 Å². The van der Waals surface area contributed by atoms with Gasteiger partial charge in [-0.2, -0.15) is 10.2 Å². The van der Waals surface area contributed by atoms with E-state index in [2.05, 4.69) is 30.8 Å². The summed E-state index contributed by atoms with van der Waals surface area (Å²) in [6.07, 6.45) is 3.11. The van der Waals surface area contributed by atoms with Crippen LogP contribution >= 0.6 is 22.9 Å². The van der Waals surface area contributed by atoms with E-state index in [1.54, 1.807) is 18.3 Å². The van der Waals surface area contributed by atoms with Gasteiger partial charge in [0.25, 0.3) is 5.91 Å². The van der Waals surface area contributed by atoms with Crippen LogP contribution in [0.25, 0.3) is 0 Å². The van der Waals surface area contributed by atoms with Gasteiger partial charge in [0.05, 0.1) is 22.6 Å². The Morgan fingerprint density at radius 1 is 1.25 bits per heavy atom. The van der Waals surface area contributed by atoms with Crippen molar-refractivity contribution in [3.63, 3.8) is 0 Å². The van der Waals surface area contributed by atoms with Gasteiger partial charge in [-0.1, -0.05) is 11.6 Å². The van der Waals surface area contributed by atoms with E-state index >= 15 is 0 Å². The third-order valence-electron chi connectivity index (χ3n) is 2.97. The van der Waals surface area contributed by atoms with E-state index in [1.165, 1.54) is 17.5 Å². The topological polar surface area (TPSA) is 92.7 Å². The molecule has 3 aromatic heterocycles. The minimum atomic E-state index is -0.331. The molecule has 0 aliphatic heterocycles. The summed E-state index contributed by atoms with van der Waals surface area (Å²) < 4.78 is 0. The molecule has 3 heterocycles. The standard InChI is InChI=1S/C15H13ClN6OS/c1-8-5-11(7-18-22-8)21-15-13(19-9(2)24-15)14(23)20-10-3-4-17-12(16)6-10/h3-7H,1-2H3,(H,21,22)(H,17,20,23). The van der Waals surface area contributed by atoms with Crippen LogP contribution in [0, 0.1) is 13.8 Å². The molecule has 24 heavy (non-hydrogen) atoms. The molecule has 9 heteroatoms. The Labute approximate surface area is 147 Å². The third-order valence-corrected chi connectivity index (χ3v) is 4.06. The zero-order chi connectivity index (χ0) is 17.1. The summed E-state index contributed by atoms with van der Waals surface area (Å²) in [4.78, 5) is 20.7. The van der Waals surface area contributed by atoms with Crippen molar-refractivity contribution in [2.45, 2.75) is 13.8 Å². The Morgan fingerprint density at radius 3 is 2.83 bits per heavy atom. The molecular weight excluding hydrogens is 348 g/mol. The SMILES string of the molecule is Cc1cc(Nc2sc(C)nc2C(=O)Nc2ccnc(Cl)c2)cnn1. The lowest BCUT2D eigenvalue weighted by Gasteiger charge is -2.07. The number of aryl methyl sites for hydroxylation is 2. The molecular formula is C15H13ClN6OS. The van der Waals surface area contributed by atoms with Gasteiger partial charge in [0, 0.05) is 11.9 Å². The molecule has 0 aliphatic carbocycles. The fraction of sp³-hybridized carbons (Fsp3) is 0.133. The number of carbonyl (C=O) groups excluding carboxylic acids is 1. The molecule has 0 unspecified atom stereocenters. The zero-order valence-electron chi connectivity index (χ0n) is 12.9. The maximum absolute atomic E-state index is 12.5. The molecule has 3 rings (SSSR count). The van der Waals surface area contributed by atoms with Crippen molar-refractivity contribution in [1.29, 1.82) is 0 Å². The maximum atomic E-state index is 12.5. The highest BCUT2D eigenvalue weighted by molar-refractivity contribution is 7.16. The van der Waals surface area contributed by atoms with Gasteiger partial charge in [-0.25, -0.2) is 9.97 Å². The number of nitrogens with zero attached hydrogens (tertiary/aromatic N) is 4. The van der Waals surface area contributed by atoms with Crippen LogP contribution in [0.4, 0.5) is 16.4 Å². The van der Waals surface area contributed by atoms with Crippen LogP contribution in [0.15, 0.2) is 30.6 Å². The Bertz CT molecular complexity index is 897. The van der Waals surface area contributed by atoms with E-state index in [0.29, 0.717) is 21.5 Å². The predicted molar refractivity (Wildman–Crippen MR) is 94.1 cm³/mol. The Hall–Kier alpha value is -2.58. The van der Waals surface area contributed by atoms with Gasteiger partial charge in [0.1, 0.15) is 10.2 Å². The molecule has 2 N–H and O–H groups in total. The van der Waals surface area contributed by atoms with Gasteiger partial charge in [0.2, 0.25) is 0 Å². The van der Waals surface area contributed by atoms with Crippen molar-refractivity contribution in [2.24, 2.45) is 0 Å². The molecule has 0 radical (unpaired) electrons. The average molecular weight is 361 g/mol. The van der Waals surface area contributed by atoms with Crippen molar-refractivity contribution in [2.75, 3.05) is 10.6 Å². The third kappa shape index (κ3) is 3.84. The van der Waals surface area contributed by atoms with Crippen LogP contribution in [0.5, 0.6) is 0 Å². The summed E-state index contributed by atoms with van der Waals surface area (Å²) in [5, 5.41) is 15.4. The minimum absolute atomic E-state index is 0.305. The van der Waals surface area contributed by atoms with Gasteiger partial charge in [0.15, 0.2) is 5.69 Å². The van der Waals surface area contributed by atoms with E-state index in [4.69, 9.17) is 11.6 Å². The molecule has 0 fully saturated rings. The normalized spacial score (nSPS) is 10.5. The molecule has 0 saturated heterocycles. The number of hydrogen-bond donors (Lipinski definition) is 2. The molecule has 1 amide bonds. The second kappa shape index (κ2) is 6.90. The Morgan fingerprint density at radius 2 is 2.08 bits per heavy atom. The lowest BCUT2D eigenvalue weighted by atomic mass is 10.3. The minimum Gasteiger partial charge on any atom is -0.344 e. The van der Waals surface area contributed by atoms with Gasteiger partial charge in [-0.05, 0) is 32.0 Å². The quantitative estimate of drug-likeness (QED) is 0.690. The average Bonchev–Trinajstić information content (AvgIpc) is 2.88. The van der Waals surface area contributed by atoms with Crippen molar-refractivity contribution in [3.8, 4) is 0 Å². The number of amides is 1. The smallest absolute Gasteiger partial charge is 0.277 e. The number of anilines is 3. The van der Waals surface area contributed by atoms with Gasteiger partial charge >= 0.3 is 0 Å². The molecule has 0 aliphatic rings. The monoisotopic (exact) mass is 360 g/mol. The molecule has 7 nitrogen and oxygen atoms in total. The van der Waals surface area contributed by atoms with Crippen LogP contribution in [0.1, 0.15) is 21.2 Å². The summed E-state index contributed by atoms with van der Waals surface area (Å²) in [6.45, 7) is 3.68. The molecule has 0 bridgehead atoms. The van der Waals surface area contributed by atoms with E-state index < -0.39 is 0 Å². The predicted octanol–water partition coefficient (Wildman–Crippen LogP) is 3.59. The Balaban J connectivity index is 1.84. The van der Waals surface area contributed by atoms with Crippen LogP contribution < -0.4 is 10.6 Å². The number of aromatic nitrogens is 4. The van der Waals surface area contributed by atoms with E-state index in [-0.39, 0.29) is 5.91 Å². The Kier molecular flexibility index (Phi) is 4.68. The van der Waals surface area contributed by atoms with E-state index in [1.807, 2.05) is 19.9 Å². The first-order valence-electron chi connectivity index (χ1n) is 6.98. The lowest BCUT2D eigenvalue weighted by molar-refractivity contribution is 0.102. The van der Waals surface area contributed by atoms with Crippen molar-refractivity contribution < 1.29 is 4.79 Å². The highest BCUT2D eigenvalue weighted by Crippen LogP contribution is 2.28. The molecule has 0 saturated carbocycles. The molecule has 122 valence electrons. The summed E-state index contributed by atoms with van der Waals surface area (Å²) in [6, 6.07) is 5.07. The van der Waals surface area contributed by atoms with Crippen molar-refractivity contribution in [1.82, 2.24) is 20.2 Å². The summed E-state index contributed by atoms with van der Waals surface area (Å²) in [7, 11) is 0. The number of pyridine rings is 1. The summed E-state index contributed by atoms with van der Waals surface area (Å²) in [5.41, 5.74) is 2.38. The van der Waals surface area contributed by atoms with Crippen molar-refractivity contribution >= 4 is 45.2 Å². The van der Waals surface area contributed by atoms with Gasteiger partial charge in [-0.15, -0.1) is 11.3 Å². The first-order chi connectivity index (χ1) is 11.5.